The summed E-state index contributed by atoms with van der Waals surface area (Å²) >= 11 is 0. The van der Waals surface area contributed by atoms with Gasteiger partial charge >= 0.3 is 10.6 Å². The Morgan fingerprint density at radius 2 is 0.865 bits per heavy atom. The van der Waals surface area contributed by atoms with Crippen molar-refractivity contribution in [1.82, 2.24) is 0 Å². The van der Waals surface area contributed by atoms with Crippen molar-refractivity contribution in [3.63, 3.8) is 0 Å². The lowest BCUT2D eigenvalue weighted by Gasteiger charge is -2.33. The third-order valence-corrected chi connectivity index (χ3v) is 25.2. The van der Waals surface area contributed by atoms with E-state index in [-0.39, 0.29) is 39.2 Å². The molecule has 0 spiro atoms. The van der Waals surface area contributed by atoms with Gasteiger partial charge in [0.2, 0.25) is 5.69 Å². The van der Waals surface area contributed by atoms with Crippen molar-refractivity contribution in [3.05, 3.63) is 250 Å². The molecule has 8 aromatic rings. The van der Waals surface area contributed by atoms with Gasteiger partial charge in [0.05, 0.1) is 23.0 Å². The molecule has 8 aromatic carbocycles. The summed E-state index contributed by atoms with van der Waals surface area (Å²) in [6, 6.07) is 53.0. The molecule has 0 amide bonds. The molecular formula is C110H163N4O9S3+. The maximum atomic E-state index is 11.6. The highest BCUT2D eigenvalue weighted by Gasteiger charge is 2.48. The van der Waals surface area contributed by atoms with Crippen LogP contribution < -0.4 is 14.7 Å². The zero-order valence-electron chi connectivity index (χ0n) is 83.2. The van der Waals surface area contributed by atoms with Crippen LogP contribution in [0, 0.1) is 11.8 Å². The smallest absolute Gasteiger partial charge is 0.364 e. The minimum absolute atomic E-state index is 0.0356. The van der Waals surface area contributed by atoms with Crippen molar-refractivity contribution in [1.29, 1.82) is 0 Å². The van der Waals surface area contributed by atoms with E-state index in [0.29, 0.717) is 50.6 Å². The van der Waals surface area contributed by atoms with Gasteiger partial charge in [-0.05, 0) is 202 Å². The van der Waals surface area contributed by atoms with Crippen molar-refractivity contribution < 1.29 is 43.1 Å². The molecule has 4 heterocycles. The predicted octanol–water partition coefficient (Wildman–Crippen LogP) is 30.5. The second-order valence-electron chi connectivity index (χ2n) is 33.3. The van der Waals surface area contributed by atoms with Crippen molar-refractivity contribution >= 4 is 102 Å². The monoisotopic (exact) mass is 1780 g/mol. The molecule has 0 saturated heterocycles. The van der Waals surface area contributed by atoms with Crippen LogP contribution >= 0.6 is 0 Å². The third kappa shape index (κ3) is 27.5. The maximum Gasteiger partial charge on any atom is 0.425 e. The van der Waals surface area contributed by atoms with Gasteiger partial charge in [0, 0.05) is 88.5 Å². The summed E-state index contributed by atoms with van der Waals surface area (Å²) in [5, 5.41) is 10.3. The summed E-state index contributed by atoms with van der Waals surface area (Å²) in [4.78, 5) is 7.41. The Bertz CT molecular complexity index is 5420. The Labute approximate surface area is 767 Å². The highest BCUT2D eigenvalue weighted by Crippen LogP contribution is 2.55. The second-order valence-corrected chi connectivity index (χ2v) is 36.9. The molecule has 0 fully saturated rings. The van der Waals surface area contributed by atoms with Gasteiger partial charge in [-0.15, -0.1) is 12.6 Å². The highest BCUT2D eigenvalue weighted by molar-refractivity contribution is 7.86. The number of allylic oxidation sites excluding steroid dienone is 13. The number of fused-ring (bicyclic) bond motifs is 12. The van der Waals surface area contributed by atoms with Crippen molar-refractivity contribution in [2.45, 2.75) is 312 Å². The molecule has 694 valence electrons. The first-order valence-electron chi connectivity index (χ1n) is 47.9. The molecule has 5 aliphatic rings. The number of nitrogens with zero attached hydrogens (tertiary/aromatic N) is 4. The minimum atomic E-state index is -4.03. The fourth-order valence-corrected chi connectivity index (χ4v) is 19.6. The quantitative estimate of drug-likeness (QED) is 0.0240. The Morgan fingerprint density at radius 1 is 0.460 bits per heavy atom. The Morgan fingerprint density at radius 3 is 1.30 bits per heavy atom. The zero-order valence-corrected chi connectivity index (χ0v) is 85.7. The van der Waals surface area contributed by atoms with E-state index in [1.54, 1.807) is 0 Å². The van der Waals surface area contributed by atoms with E-state index in [1.807, 2.05) is 111 Å². The molecule has 4 aliphatic heterocycles. The number of hydrogen-bond acceptors (Lipinski definition) is 10. The Kier molecular flexibility index (Phi) is 47.4. The van der Waals surface area contributed by atoms with Crippen LogP contribution in [0.15, 0.2) is 228 Å². The summed E-state index contributed by atoms with van der Waals surface area (Å²) in [7, 11) is -11.2. The van der Waals surface area contributed by atoms with Crippen molar-refractivity contribution in [3.8, 4) is 0 Å². The standard InChI is InChI=1S/C49H60N2O6S2.C45H55N2.8C2H6.O3S/c1-34(2)45-37(24-28-43-48(3,4)46-39-20-9-7-16-35(39)22-26-41(46)50(43)30-11-13-32-58(52,53)54)18-15-19-38(45)25-29-44-49(5,6)47-40-21-10-8-17-36(40)23-27-42(47)51(44)31-12-14-33-59(55,56)57;1-9-11-17-31-47-39-27-23-35-19-14-16-21-37(35)43(39)45(7,8)41(47)29-25-33(32(3)4)24-28-40-44(5,6)42-36-20-15-13-18-34(36)22-26-38(42)46(40)30-12-10-2;8*1-2;1-4(2)3/h7-10,16-17,20-29,34,43H,11-15,18-19,30-33H2,1-6H3,(H,52,53,54)(H,55,56,57);13-16,18-29,32H,9-12,17,30-31H2,1-8H3;8*1-2H3;/q;+1;;;;;;;;;/b28-24+,38-25+,44-29+;;;;;;;;;;. The molecule has 126 heavy (non-hydrogen) atoms. The van der Waals surface area contributed by atoms with Crippen LogP contribution in [-0.4, -0.2) is 92.6 Å². The van der Waals surface area contributed by atoms with Crippen molar-refractivity contribution in [2.24, 2.45) is 11.8 Å². The predicted molar refractivity (Wildman–Crippen MR) is 551 cm³/mol. The lowest BCUT2D eigenvalue weighted by atomic mass is 9.77. The fraction of sp³-hybridized carbons (Fsp3) is 0.500. The van der Waals surface area contributed by atoms with Crippen LogP contribution in [0.1, 0.15) is 307 Å². The average Bonchev–Trinajstić information content (AvgIpc) is 1.59. The zero-order chi connectivity index (χ0) is 95.3. The van der Waals surface area contributed by atoms with Gasteiger partial charge in [-0.1, -0.05) is 352 Å². The third-order valence-electron chi connectivity index (χ3n) is 23.6. The first kappa shape index (κ1) is 112. The summed E-state index contributed by atoms with van der Waals surface area (Å²) in [6.07, 6.45) is 30.2. The summed E-state index contributed by atoms with van der Waals surface area (Å²) < 4.78 is 93.1. The topological polar surface area (TPSA) is 173 Å². The molecule has 1 atom stereocenters. The van der Waals surface area contributed by atoms with E-state index in [9.17, 15) is 25.9 Å². The van der Waals surface area contributed by atoms with Crippen LogP contribution in [0.2, 0.25) is 0 Å². The summed E-state index contributed by atoms with van der Waals surface area (Å²) in [6.45, 7) is 68.1. The van der Waals surface area contributed by atoms with Gasteiger partial charge in [-0.25, -0.2) is 0 Å². The largest absolute Gasteiger partial charge is 0.425 e. The molecule has 13 rings (SSSR count). The summed E-state index contributed by atoms with van der Waals surface area (Å²) in [5.41, 5.74) is 19.3. The molecule has 1 aliphatic carbocycles. The molecule has 0 aromatic heterocycles. The van der Waals surface area contributed by atoms with E-state index in [4.69, 9.17) is 12.6 Å². The number of rotatable bonds is 25. The van der Waals surface area contributed by atoms with E-state index < -0.39 is 30.8 Å². The molecular weight excluding hydrogens is 1620 g/mol. The first-order valence-corrected chi connectivity index (χ1v) is 52.1. The van der Waals surface area contributed by atoms with E-state index in [1.165, 1.54) is 154 Å². The molecule has 2 N–H and O–H groups in total. The maximum absolute atomic E-state index is 11.6. The number of benzene rings is 8. The van der Waals surface area contributed by atoms with Gasteiger partial charge in [-0.2, -0.15) is 21.4 Å². The van der Waals surface area contributed by atoms with Crippen LogP contribution in [0.25, 0.3) is 43.1 Å². The molecule has 0 saturated carbocycles. The highest BCUT2D eigenvalue weighted by atomic mass is 32.2. The number of unbranched alkanes of at least 4 members (excludes halogenated alkanes) is 5. The minimum Gasteiger partial charge on any atom is -0.364 e. The van der Waals surface area contributed by atoms with Gasteiger partial charge in [0.1, 0.15) is 6.54 Å². The van der Waals surface area contributed by atoms with Crippen molar-refractivity contribution in [2.75, 3.05) is 52.4 Å². The Hall–Kier alpha value is -8.51. The van der Waals surface area contributed by atoms with Gasteiger partial charge in [0.15, 0.2) is 5.71 Å². The number of hydrogen-bond donors (Lipinski definition) is 2. The first-order chi connectivity index (χ1) is 60.2. The summed E-state index contributed by atoms with van der Waals surface area (Å²) in [5.74, 6) is 0.213. The van der Waals surface area contributed by atoms with Crippen LogP contribution in [0.5, 0.6) is 0 Å². The van der Waals surface area contributed by atoms with Gasteiger partial charge in [0.25, 0.3) is 20.2 Å². The van der Waals surface area contributed by atoms with Gasteiger partial charge in [-0.3, -0.25) is 9.11 Å². The van der Waals surface area contributed by atoms with Crippen LogP contribution in [0.4, 0.5) is 22.7 Å². The molecule has 0 radical (unpaired) electrons. The SMILES string of the molecule is CC.CC.CC.CC.CC.CC.CC.CC.CC(C)C1=C(/C=C/C2N(CCCCS(=O)(=O)O)c3ccc4ccccc4c3C2(C)C)CCC/C1=C\C=C1\N(CCCCS(=O)(=O)O)c2ccc3ccccc3c2C1(C)C.CCCCC[N+]1=C(/C=C/C(=C/C=C2/N(CCCC)c3ccc4ccccc4c3C2(C)C)C(C)C)C(C)(C)c2c1ccc1ccccc21.O=S(=O)=O. The average molecular weight is 1780 g/mol. The van der Waals surface area contributed by atoms with Crippen LogP contribution in [-0.2, 0) is 52.5 Å². The lowest BCUT2D eigenvalue weighted by Crippen LogP contribution is -2.40. The number of anilines is 3. The normalized spacial score (nSPS) is 16.9. The lowest BCUT2D eigenvalue weighted by molar-refractivity contribution is -0.438. The van der Waals surface area contributed by atoms with E-state index in [2.05, 4.69) is 310 Å². The van der Waals surface area contributed by atoms with Crippen LogP contribution in [0.3, 0.4) is 0 Å². The molecule has 13 nitrogen and oxygen atoms in total. The Balaban J connectivity index is 0.000000550. The fourth-order valence-electron chi connectivity index (χ4n) is 18.5. The molecule has 0 bridgehead atoms. The molecule has 1 unspecified atom stereocenters. The molecule has 16 heteroatoms. The van der Waals surface area contributed by atoms with E-state index in [0.717, 1.165) is 38.0 Å². The van der Waals surface area contributed by atoms with Gasteiger partial charge < -0.3 is 14.7 Å². The van der Waals surface area contributed by atoms with E-state index >= 15 is 0 Å². The second kappa shape index (κ2) is 53.5.